The zero-order chi connectivity index (χ0) is 18.9. The third-order valence-corrected chi connectivity index (χ3v) is 6.13. The number of aliphatic carboxylic acids is 1. The monoisotopic (exact) mass is 369 g/mol. The molecule has 2 aliphatic rings. The van der Waals surface area contributed by atoms with Crippen LogP contribution in [0.3, 0.4) is 0 Å². The van der Waals surface area contributed by atoms with E-state index in [1.54, 1.807) is 6.07 Å². The third-order valence-electron chi connectivity index (χ3n) is 6.13. The fraction of sp³-hybridized carbons (Fsp3) is 0.455. The van der Waals surface area contributed by atoms with E-state index in [-0.39, 0.29) is 5.82 Å². The molecule has 1 aromatic heterocycles. The number of carboxylic acid groups (broad SMARTS) is 1. The Morgan fingerprint density at radius 3 is 2.37 bits per heavy atom. The molecule has 27 heavy (non-hydrogen) atoms. The summed E-state index contributed by atoms with van der Waals surface area (Å²) in [7, 11) is 0. The summed E-state index contributed by atoms with van der Waals surface area (Å²) in [5, 5.41) is 10.0. The summed E-state index contributed by atoms with van der Waals surface area (Å²) in [6, 6.07) is 12.5. The molecule has 0 radical (unpaired) electrons. The van der Waals surface area contributed by atoms with Crippen molar-refractivity contribution in [2.24, 2.45) is 5.92 Å². The fourth-order valence-electron chi connectivity index (χ4n) is 4.15. The molecule has 0 amide bonds. The van der Waals surface area contributed by atoms with Gasteiger partial charge in [-0.2, -0.15) is 0 Å². The van der Waals surface area contributed by atoms with Gasteiger partial charge in [-0.05, 0) is 62.1 Å². The molecular weight excluding hydrogens is 345 g/mol. The van der Waals surface area contributed by atoms with Gasteiger partial charge in [0.05, 0.1) is 23.9 Å². The van der Waals surface area contributed by atoms with Crippen LogP contribution in [0, 0.1) is 11.7 Å². The summed E-state index contributed by atoms with van der Waals surface area (Å²) in [5.41, 5.74) is -0.00505. The summed E-state index contributed by atoms with van der Waals surface area (Å²) in [6.45, 7) is 0.657. The Morgan fingerprint density at radius 2 is 1.81 bits per heavy atom. The minimum atomic E-state index is -0.909. The maximum atomic E-state index is 13.4. The first-order valence-corrected chi connectivity index (χ1v) is 9.59. The number of carbonyl (C=O) groups is 1. The van der Waals surface area contributed by atoms with Crippen LogP contribution in [0.15, 0.2) is 48.7 Å². The summed E-state index contributed by atoms with van der Waals surface area (Å²) in [6.07, 6.45) is 5.62. The molecule has 142 valence electrons. The molecule has 2 aromatic rings. The molecule has 1 heterocycles. The molecule has 2 saturated carbocycles. The van der Waals surface area contributed by atoms with Crippen molar-refractivity contribution >= 4 is 5.97 Å². The Bertz CT molecular complexity index is 794. The van der Waals surface area contributed by atoms with Crippen molar-refractivity contribution in [1.82, 2.24) is 4.98 Å². The molecule has 2 fully saturated rings. The highest BCUT2D eigenvalue weighted by Crippen LogP contribution is 2.49. The minimum Gasteiger partial charge on any atom is -0.481 e. The number of benzene rings is 1. The van der Waals surface area contributed by atoms with Crippen LogP contribution in [0.25, 0.3) is 0 Å². The van der Waals surface area contributed by atoms with E-state index in [4.69, 9.17) is 4.74 Å². The van der Waals surface area contributed by atoms with Crippen molar-refractivity contribution in [1.29, 1.82) is 0 Å². The van der Waals surface area contributed by atoms with Crippen molar-refractivity contribution in [2.45, 2.75) is 49.5 Å². The van der Waals surface area contributed by atoms with E-state index in [0.717, 1.165) is 5.56 Å². The highest BCUT2D eigenvalue weighted by molar-refractivity contribution is 5.81. The number of nitrogens with zero attached hydrogens (tertiary/aromatic N) is 1. The van der Waals surface area contributed by atoms with Gasteiger partial charge in [0.25, 0.3) is 0 Å². The highest BCUT2D eigenvalue weighted by Gasteiger charge is 2.50. The van der Waals surface area contributed by atoms with Crippen molar-refractivity contribution < 1.29 is 19.0 Å². The molecule has 0 aliphatic heterocycles. The van der Waals surface area contributed by atoms with E-state index in [1.807, 2.05) is 30.3 Å². The Labute approximate surface area is 158 Å². The lowest BCUT2D eigenvalue weighted by Gasteiger charge is -2.44. The number of hydrogen-bond acceptors (Lipinski definition) is 3. The van der Waals surface area contributed by atoms with E-state index in [0.29, 0.717) is 43.9 Å². The van der Waals surface area contributed by atoms with E-state index in [2.05, 4.69) is 4.98 Å². The second-order valence-electron chi connectivity index (χ2n) is 7.86. The van der Waals surface area contributed by atoms with Gasteiger partial charge in [-0.1, -0.05) is 30.3 Å². The SMILES string of the molecule is O=C(O)[C@]1(c2ccccc2)CC[C@@](OCC2CC2)(c2ccc(F)cn2)CC1. The van der Waals surface area contributed by atoms with Crippen LogP contribution in [0.5, 0.6) is 0 Å². The molecule has 4 rings (SSSR count). The zero-order valence-corrected chi connectivity index (χ0v) is 15.2. The van der Waals surface area contributed by atoms with E-state index < -0.39 is 17.0 Å². The van der Waals surface area contributed by atoms with Gasteiger partial charge >= 0.3 is 5.97 Å². The number of carboxylic acids is 1. The Hall–Kier alpha value is -2.27. The van der Waals surface area contributed by atoms with Crippen LogP contribution >= 0.6 is 0 Å². The first-order valence-electron chi connectivity index (χ1n) is 9.59. The van der Waals surface area contributed by atoms with Crippen molar-refractivity contribution in [3.8, 4) is 0 Å². The van der Waals surface area contributed by atoms with Gasteiger partial charge in [-0.3, -0.25) is 9.78 Å². The van der Waals surface area contributed by atoms with Crippen LogP contribution in [-0.2, 0) is 20.5 Å². The average molecular weight is 369 g/mol. The summed E-state index contributed by atoms with van der Waals surface area (Å²) in [5.74, 6) is -0.588. The molecule has 5 heteroatoms. The average Bonchev–Trinajstić information content (AvgIpc) is 3.52. The first-order chi connectivity index (χ1) is 13.0. The Kier molecular flexibility index (Phi) is 4.72. The molecule has 0 atom stereocenters. The lowest BCUT2D eigenvalue weighted by atomic mass is 9.64. The van der Waals surface area contributed by atoms with E-state index >= 15 is 0 Å². The normalized spacial score (nSPS) is 28.0. The van der Waals surface area contributed by atoms with Gasteiger partial charge in [0, 0.05) is 0 Å². The van der Waals surface area contributed by atoms with Gasteiger partial charge < -0.3 is 9.84 Å². The van der Waals surface area contributed by atoms with Crippen LogP contribution in [0.4, 0.5) is 4.39 Å². The first kappa shape index (κ1) is 18.1. The Morgan fingerprint density at radius 1 is 1.11 bits per heavy atom. The Balaban J connectivity index is 1.63. The lowest BCUT2D eigenvalue weighted by molar-refractivity contribution is -0.151. The highest BCUT2D eigenvalue weighted by atomic mass is 19.1. The molecular formula is C22H24FNO3. The number of hydrogen-bond donors (Lipinski definition) is 1. The quantitative estimate of drug-likeness (QED) is 0.818. The topological polar surface area (TPSA) is 59.4 Å². The molecule has 1 N–H and O–H groups in total. The van der Waals surface area contributed by atoms with Gasteiger partial charge in [-0.25, -0.2) is 4.39 Å². The molecule has 0 spiro atoms. The fourth-order valence-corrected chi connectivity index (χ4v) is 4.15. The molecule has 4 nitrogen and oxygen atoms in total. The predicted octanol–water partition coefficient (Wildman–Crippen LogP) is 4.44. The zero-order valence-electron chi connectivity index (χ0n) is 15.2. The largest absolute Gasteiger partial charge is 0.481 e. The number of rotatable bonds is 6. The lowest BCUT2D eigenvalue weighted by Crippen LogP contribution is -2.46. The number of aromatic nitrogens is 1. The van der Waals surface area contributed by atoms with Gasteiger partial charge in [0.2, 0.25) is 0 Å². The maximum Gasteiger partial charge on any atom is 0.314 e. The standard InChI is InChI=1S/C22H24FNO3/c23-18-8-9-19(24-14-18)22(27-15-16-6-7-16)12-10-21(11-13-22,20(25)26)17-4-2-1-3-5-17/h1-5,8-9,14,16H,6-7,10-13,15H2,(H,25,26)/t21-,22+. The van der Waals surface area contributed by atoms with Crippen molar-refractivity contribution in [3.63, 3.8) is 0 Å². The van der Waals surface area contributed by atoms with Crippen LogP contribution in [0.2, 0.25) is 0 Å². The summed E-state index contributed by atoms with van der Waals surface area (Å²) < 4.78 is 19.7. The molecule has 0 unspecified atom stereocenters. The molecule has 0 bridgehead atoms. The van der Waals surface area contributed by atoms with Gasteiger partial charge in [0.15, 0.2) is 0 Å². The minimum absolute atomic E-state index is 0.379. The van der Waals surface area contributed by atoms with Crippen LogP contribution < -0.4 is 0 Å². The van der Waals surface area contributed by atoms with Crippen LogP contribution in [-0.4, -0.2) is 22.7 Å². The van der Waals surface area contributed by atoms with Crippen molar-refractivity contribution in [3.05, 3.63) is 65.7 Å². The number of pyridine rings is 1. The second-order valence-corrected chi connectivity index (χ2v) is 7.86. The second kappa shape index (κ2) is 7.04. The summed E-state index contributed by atoms with van der Waals surface area (Å²) >= 11 is 0. The summed E-state index contributed by atoms with van der Waals surface area (Å²) in [4.78, 5) is 16.5. The third kappa shape index (κ3) is 3.48. The number of halogens is 1. The smallest absolute Gasteiger partial charge is 0.314 e. The van der Waals surface area contributed by atoms with E-state index in [1.165, 1.54) is 25.1 Å². The van der Waals surface area contributed by atoms with E-state index in [9.17, 15) is 14.3 Å². The van der Waals surface area contributed by atoms with Gasteiger partial charge in [-0.15, -0.1) is 0 Å². The maximum absolute atomic E-state index is 13.4. The van der Waals surface area contributed by atoms with Gasteiger partial charge in [0.1, 0.15) is 11.4 Å². The molecule has 0 saturated heterocycles. The number of ether oxygens (including phenoxy) is 1. The molecule has 2 aliphatic carbocycles. The van der Waals surface area contributed by atoms with Crippen molar-refractivity contribution in [2.75, 3.05) is 6.61 Å². The molecule has 1 aromatic carbocycles. The van der Waals surface area contributed by atoms with Crippen LogP contribution in [0.1, 0.15) is 49.8 Å². The predicted molar refractivity (Wildman–Crippen MR) is 98.8 cm³/mol.